The molecule has 5 nitrogen and oxygen atoms in total. The van der Waals surface area contributed by atoms with Crippen molar-refractivity contribution < 1.29 is 0 Å². The molecule has 14 aromatic rings. The van der Waals surface area contributed by atoms with Gasteiger partial charge in [-0.1, -0.05) is 188 Å². The van der Waals surface area contributed by atoms with E-state index in [1.807, 2.05) is 29.5 Å². The van der Waals surface area contributed by atoms with Gasteiger partial charge in [-0.15, -0.1) is 11.3 Å². The van der Waals surface area contributed by atoms with E-state index in [0.717, 1.165) is 49.8 Å². The van der Waals surface area contributed by atoms with Gasteiger partial charge in [-0.05, 0) is 70.8 Å². The lowest BCUT2D eigenvalue weighted by Crippen LogP contribution is -2.00. The van der Waals surface area contributed by atoms with Crippen LogP contribution in [0.5, 0.6) is 0 Å². The van der Waals surface area contributed by atoms with Crippen molar-refractivity contribution in [2.45, 2.75) is 0 Å². The van der Waals surface area contributed by atoms with Gasteiger partial charge in [-0.3, -0.25) is 0 Å². The fraction of sp³-hybridized carbons (Fsp3) is 0. The standard InChI is InChI=1S/C63H39N5S/c1-4-17-40(18-5-1)44-21-14-22-45(39-44)41-33-35-43(36-34-41)62-64-61(42-19-6-2-7-20-42)65-63(66-62)51-27-15-30-54-57(51)49-37-38-50-58-55(68-52-28-12-10-25-47(52)48-26-11-13-29-53(48)68)31-16-32-56(58)69-60(50)59(49)67(54)46-23-8-3-9-24-46/h1-39H. The molecule has 0 bridgehead atoms. The number of hydrogen-bond acceptors (Lipinski definition) is 4. The van der Waals surface area contributed by atoms with Crippen LogP contribution in [0, 0.1) is 0 Å². The lowest BCUT2D eigenvalue weighted by molar-refractivity contribution is 1.08. The average Bonchev–Trinajstić information content (AvgIpc) is 4.10. The van der Waals surface area contributed by atoms with Crippen LogP contribution in [0.2, 0.25) is 0 Å². The number of aromatic nitrogens is 5. The van der Waals surface area contributed by atoms with Crippen molar-refractivity contribution in [3.8, 4) is 67.8 Å². The van der Waals surface area contributed by atoms with Gasteiger partial charge in [-0.2, -0.15) is 0 Å². The molecule has 322 valence electrons. The van der Waals surface area contributed by atoms with E-state index in [9.17, 15) is 0 Å². The molecule has 14 rings (SSSR count). The van der Waals surface area contributed by atoms with Gasteiger partial charge >= 0.3 is 0 Å². The highest BCUT2D eigenvalue weighted by Crippen LogP contribution is 2.47. The van der Waals surface area contributed by atoms with Crippen molar-refractivity contribution in [1.82, 2.24) is 24.1 Å². The Morgan fingerprint density at radius 1 is 0.319 bits per heavy atom. The first kappa shape index (κ1) is 39.2. The summed E-state index contributed by atoms with van der Waals surface area (Å²) in [5, 5.41) is 7.23. The summed E-state index contributed by atoms with van der Waals surface area (Å²) in [5.74, 6) is 1.88. The smallest absolute Gasteiger partial charge is 0.164 e. The molecule has 0 unspecified atom stereocenters. The summed E-state index contributed by atoms with van der Waals surface area (Å²) in [4.78, 5) is 15.8. The highest BCUT2D eigenvalue weighted by atomic mass is 32.1. The highest BCUT2D eigenvalue weighted by molar-refractivity contribution is 7.26. The Balaban J connectivity index is 0.981. The molecule has 0 saturated heterocycles. The summed E-state index contributed by atoms with van der Waals surface area (Å²) in [6, 6.07) is 84.3. The molecule has 0 amide bonds. The Morgan fingerprint density at radius 3 is 1.52 bits per heavy atom. The largest absolute Gasteiger partial charge is 0.309 e. The highest BCUT2D eigenvalue weighted by Gasteiger charge is 2.24. The van der Waals surface area contributed by atoms with Crippen molar-refractivity contribution in [3.05, 3.63) is 237 Å². The van der Waals surface area contributed by atoms with Gasteiger partial charge in [0.2, 0.25) is 0 Å². The van der Waals surface area contributed by atoms with Gasteiger partial charge in [0, 0.05) is 59.4 Å². The summed E-state index contributed by atoms with van der Waals surface area (Å²) in [6.07, 6.45) is 0. The molecule has 0 fully saturated rings. The molecular formula is C63H39N5S. The fourth-order valence-electron chi connectivity index (χ4n) is 10.5. The van der Waals surface area contributed by atoms with Gasteiger partial charge in [0.1, 0.15) is 0 Å². The third kappa shape index (κ3) is 6.34. The third-order valence-corrected chi connectivity index (χ3v) is 14.8. The molecule has 0 atom stereocenters. The van der Waals surface area contributed by atoms with Gasteiger partial charge in [-0.25, -0.2) is 15.0 Å². The lowest BCUT2D eigenvalue weighted by atomic mass is 9.98. The SMILES string of the molecule is c1ccc(-c2cccc(-c3ccc(-c4nc(-c5ccccc5)nc(-c5cccc6c5c5ccc7c(sc8cccc(-n9c%10ccccc%10c%10ccccc%109)c87)c5n6-c5ccccc5)n4)cc3)c2)cc1. The number of fused-ring (bicyclic) bond motifs is 10. The van der Waals surface area contributed by atoms with Crippen molar-refractivity contribution >= 4 is 75.1 Å². The minimum absolute atomic E-state index is 0.622. The Labute approximate surface area is 401 Å². The molecular weight excluding hydrogens is 859 g/mol. The van der Waals surface area contributed by atoms with Crippen LogP contribution < -0.4 is 0 Å². The predicted octanol–water partition coefficient (Wildman–Crippen LogP) is 16.8. The maximum Gasteiger partial charge on any atom is 0.164 e. The van der Waals surface area contributed by atoms with Gasteiger partial charge in [0.15, 0.2) is 17.5 Å². The second kappa shape index (κ2) is 15.8. The number of hydrogen-bond donors (Lipinski definition) is 0. The van der Waals surface area contributed by atoms with Crippen molar-refractivity contribution in [3.63, 3.8) is 0 Å². The first-order valence-electron chi connectivity index (χ1n) is 23.3. The van der Waals surface area contributed by atoms with E-state index in [1.165, 1.54) is 64.3 Å². The van der Waals surface area contributed by atoms with Crippen molar-refractivity contribution in [2.24, 2.45) is 0 Å². The summed E-state index contributed by atoms with van der Waals surface area (Å²) in [6.45, 7) is 0. The van der Waals surface area contributed by atoms with Crippen LogP contribution in [0.3, 0.4) is 0 Å². The minimum atomic E-state index is 0.622. The molecule has 0 N–H and O–H groups in total. The molecule has 6 heteroatoms. The molecule has 10 aromatic carbocycles. The summed E-state index contributed by atoms with van der Waals surface area (Å²) >= 11 is 1.86. The topological polar surface area (TPSA) is 48.5 Å². The molecule has 4 heterocycles. The minimum Gasteiger partial charge on any atom is -0.309 e. The summed E-state index contributed by atoms with van der Waals surface area (Å²) in [7, 11) is 0. The Morgan fingerprint density at radius 2 is 0.826 bits per heavy atom. The Kier molecular flexibility index (Phi) is 9.00. The molecule has 0 aliphatic rings. The van der Waals surface area contributed by atoms with E-state index in [0.29, 0.717) is 17.5 Å². The van der Waals surface area contributed by atoms with Gasteiger partial charge in [0.25, 0.3) is 0 Å². The van der Waals surface area contributed by atoms with Crippen LogP contribution in [-0.2, 0) is 0 Å². The average molecular weight is 898 g/mol. The summed E-state index contributed by atoms with van der Waals surface area (Å²) < 4.78 is 7.37. The first-order valence-corrected chi connectivity index (χ1v) is 24.1. The van der Waals surface area contributed by atoms with Crippen LogP contribution in [-0.4, -0.2) is 24.1 Å². The second-order valence-electron chi connectivity index (χ2n) is 17.5. The van der Waals surface area contributed by atoms with E-state index in [-0.39, 0.29) is 0 Å². The zero-order valence-corrected chi connectivity index (χ0v) is 38.0. The molecule has 0 aliphatic heterocycles. The second-order valence-corrected chi connectivity index (χ2v) is 18.6. The molecule has 69 heavy (non-hydrogen) atoms. The molecule has 0 aliphatic carbocycles. The quantitative estimate of drug-likeness (QED) is 0.160. The van der Waals surface area contributed by atoms with Crippen molar-refractivity contribution in [2.75, 3.05) is 0 Å². The van der Waals surface area contributed by atoms with Crippen molar-refractivity contribution in [1.29, 1.82) is 0 Å². The van der Waals surface area contributed by atoms with Crippen LogP contribution >= 0.6 is 11.3 Å². The Bertz CT molecular complexity index is 4230. The first-order chi connectivity index (χ1) is 34.2. The molecule has 0 radical (unpaired) electrons. The summed E-state index contributed by atoms with van der Waals surface area (Å²) in [5.41, 5.74) is 14.4. The van der Waals surface area contributed by atoms with Crippen LogP contribution in [0.1, 0.15) is 0 Å². The predicted molar refractivity (Wildman–Crippen MR) is 289 cm³/mol. The van der Waals surface area contributed by atoms with Crippen LogP contribution in [0.4, 0.5) is 0 Å². The number of benzene rings is 10. The fourth-order valence-corrected chi connectivity index (χ4v) is 11.7. The monoisotopic (exact) mass is 897 g/mol. The molecule has 0 spiro atoms. The Hall–Kier alpha value is -8.97. The van der Waals surface area contributed by atoms with Crippen LogP contribution in [0.25, 0.3) is 132 Å². The van der Waals surface area contributed by atoms with E-state index in [4.69, 9.17) is 15.0 Å². The maximum atomic E-state index is 5.35. The number of nitrogens with zero attached hydrogens (tertiary/aromatic N) is 5. The number of para-hydroxylation sites is 3. The zero-order valence-electron chi connectivity index (χ0n) is 37.2. The lowest BCUT2D eigenvalue weighted by Gasteiger charge is -2.11. The van der Waals surface area contributed by atoms with E-state index in [2.05, 4.69) is 228 Å². The molecule has 4 aromatic heterocycles. The van der Waals surface area contributed by atoms with Gasteiger partial charge in [0.05, 0.1) is 32.5 Å². The number of rotatable bonds is 7. The number of thiophene rings is 1. The van der Waals surface area contributed by atoms with Gasteiger partial charge < -0.3 is 9.13 Å². The van der Waals surface area contributed by atoms with E-state index >= 15 is 0 Å². The van der Waals surface area contributed by atoms with Crippen LogP contribution in [0.15, 0.2) is 237 Å². The third-order valence-electron chi connectivity index (χ3n) is 13.6. The normalized spacial score (nSPS) is 11.8. The van der Waals surface area contributed by atoms with E-state index < -0.39 is 0 Å². The van der Waals surface area contributed by atoms with E-state index in [1.54, 1.807) is 0 Å². The maximum absolute atomic E-state index is 5.35. The molecule has 0 saturated carbocycles. The zero-order chi connectivity index (χ0) is 45.4.